The van der Waals surface area contributed by atoms with Crippen molar-refractivity contribution in [2.45, 2.75) is 18.4 Å². The molecule has 0 saturated carbocycles. The molecule has 6 heteroatoms. The Hall–Kier alpha value is -1.37. The Morgan fingerprint density at radius 1 is 1.20 bits per heavy atom. The molecule has 106 valence electrons. The smallest absolute Gasteiger partial charge is 0.262 e. The maximum absolute atomic E-state index is 12.4. The fraction of sp³-hybridized carbons (Fsp3) is 0.143. The molecule has 0 aromatic heterocycles. The topological polar surface area (TPSA) is 66.4 Å². The molecule has 0 saturated heterocycles. The zero-order chi connectivity index (χ0) is 14.8. The van der Waals surface area contributed by atoms with E-state index in [-0.39, 0.29) is 11.5 Å². The molecule has 0 aliphatic rings. The number of hydrogen-bond acceptors (Lipinski definition) is 3. The summed E-state index contributed by atoms with van der Waals surface area (Å²) in [7, 11) is -3.69. The highest BCUT2D eigenvalue weighted by Gasteiger charge is 2.19. The molecule has 0 fully saturated rings. The first-order chi connectivity index (χ1) is 9.44. The summed E-state index contributed by atoms with van der Waals surface area (Å²) in [5.74, 6) is 0. The number of para-hydroxylation sites is 1. The summed E-state index contributed by atoms with van der Waals surface area (Å²) >= 11 is 3.31. The molecule has 0 aliphatic carbocycles. The third-order valence-electron chi connectivity index (χ3n) is 2.85. The zero-order valence-corrected chi connectivity index (χ0v) is 13.2. The molecule has 0 spiro atoms. The first kappa shape index (κ1) is 15.0. The van der Waals surface area contributed by atoms with Crippen molar-refractivity contribution < 1.29 is 13.5 Å². The number of benzene rings is 2. The maximum Gasteiger partial charge on any atom is 0.262 e. The normalized spacial score (nSPS) is 11.3. The van der Waals surface area contributed by atoms with Crippen LogP contribution in [0.1, 0.15) is 11.1 Å². The van der Waals surface area contributed by atoms with Crippen molar-refractivity contribution in [2.75, 3.05) is 4.72 Å². The Morgan fingerprint density at radius 3 is 2.45 bits per heavy atom. The van der Waals surface area contributed by atoms with Gasteiger partial charge in [-0.05, 0) is 42.3 Å². The van der Waals surface area contributed by atoms with Gasteiger partial charge in [0.25, 0.3) is 10.0 Å². The van der Waals surface area contributed by atoms with Crippen LogP contribution in [0.25, 0.3) is 0 Å². The Bertz CT molecular complexity index is 715. The van der Waals surface area contributed by atoms with Crippen LogP contribution in [0.3, 0.4) is 0 Å². The van der Waals surface area contributed by atoms with Gasteiger partial charge < -0.3 is 5.11 Å². The van der Waals surface area contributed by atoms with E-state index in [2.05, 4.69) is 20.7 Å². The van der Waals surface area contributed by atoms with Crippen LogP contribution in [0, 0.1) is 6.92 Å². The zero-order valence-electron chi connectivity index (χ0n) is 10.8. The van der Waals surface area contributed by atoms with Gasteiger partial charge in [-0.15, -0.1) is 0 Å². The highest BCUT2D eigenvalue weighted by Crippen LogP contribution is 2.27. The van der Waals surface area contributed by atoms with Crippen molar-refractivity contribution in [3.05, 3.63) is 58.1 Å². The van der Waals surface area contributed by atoms with E-state index in [0.29, 0.717) is 21.3 Å². The van der Waals surface area contributed by atoms with Gasteiger partial charge in [-0.3, -0.25) is 4.72 Å². The number of aliphatic hydroxyl groups excluding tert-OH is 1. The van der Waals surface area contributed by atoms with Gasteiger partial charge >= 0.3 is 0 Å². The SMILES string of the molecule is Cc1c(Br)cc(CO)cc1S(=O)(=O)Nc1ccccc1. The van der Waals surface area contributed by atoms with Gasteiger partial charge in [0.1, 0.15) is 0 Å². The average Bonchev–Trinajstić information content (AvgIpc) is 2.42. The van der Waals surface area contributed by atoms with Gasteiger partial charge in [0.05, 0.1) is 11.5 Å². The van der Waals surface area contributed by atoms with Crippen LogP contribution >= 0.6 is 15.9 Å². The van der Waals surface area contributed by atoms with E-state index >= 15 is 0 Å². The van der Waals surface area contributed by atoms with E-state index in [1.165, 1.54) is 6.07 Å². The number of halogens is 1. The van der Waals surface area contributed by atoms with Crippen LogP contribution in [-0.2, 0) is 16.6 Å². The van der Waals surface area contributed by atoms with E-state index in [1.54, 1.807) is 37.3 Å². The Kier molecular flexibility index (Phi) is 4.47. The molecule has 0 atom stereocenters. The molecule has 2 aromatic carbocycles. The van der Waals surface area contributed by atoms with Gasteiger partial charge in [-0.2, -0.15) is 0 Å². The summed E-state index contributed by atoms with van der Waals surface area (Å²) in [6, 6.07) is 11.9. The van der Waals surface area contributed by atoms with Crippen LogP contribution in [-0.4, -0.2) is 13.5 Å². The number of aliphatic hydroxyl groups is 1. The lowest BCUT2D eigenvalue weighted by atomic mass is 10.2. The highest BCUT2D eigenvalue weighted by atomic mass is 79.9. The number of anilines is 1. The molecular weight excluding hydrogens is 342 g/mol. The second-order valence-electron chi connectivity index (χ2n) is 4.33. The largest absolute Gasteiger partial charge is 0.392 e. The van der Waals surface area contributed by atoms with Crippen molar-refractivity contribution in [2.24, 2.45) is 0 Å². The first-order valence-electron chi connectivity index (χ1n) is 5.92. The van der Waals surface area contributed by atoms with Gasteiger partial charge in [0.2, 0.25) is 0 Å². The molecule has 2 rings (SSSR count). The van der Waals surface area contributed by atoms with Crippen molar-refractivity contribution in [3.8, 4) is 0 Å². The van der Waals surface area contributed by atoms with Crippen molar-refractivity contribution in [1.82, 2.24) is 0 Å². The molecule has 20 heavy (non-hydrogen) atoms. The number of nitrogens with one attached hydrogen (secondary N) is 1. The molecule has 4 nitrogen and oxygen atoms in total. The van der Waals surface area contributed by atoms with Gasteiger partial charge in [0, 0.05) is 10.2 Å². The third-order valence-corrected chi connectivity index (χ3v) is 5.19. The second kappa shape index (κ2) is 5.95. The van der Waals surface area contributed by atoms with E-state index in [0.717, 1.165) is 0 Å². The van der Waals surface area contributed by atoms with Gasteiger partial charge in [-0.1, -0.05) is 34.1 Å². The van der Waals surface area contributed by atoms with Crippen LogP contribution < -0.4 is 4.72 Å². The van der Waals surface area contributed by atoms with Crippen molar-refractivity contribution >= 4 is 31.6 Å². The summed E-state index contributed by atoms with van der Waals surface area (Å²) in [4.78, 5) is 0.153. The number of hydrogen-bond donors (Lipinski definition) is 2. The molecule has 0 aliphatic heterocycles. The maximum atomic E-state index is 12.4. The summed E-state index contributed by atoms with van der Waals surface area (Å²) < 4.78 is 28.0. The standard InChI is InChI=1S/C14H14BrNO3S/c1-10-13(15)7-11(9-17)8-14(10)20(18,19)16-12-5-3-2-4-6-12/h2-8,16-17H,9H2,1H3. The predicted molar refractivity (Wildman–Crippen MR) is 82.1 cm³/mol. The quantitative estimate of drug-likeness (QED) is 0.885. The van der Waals surface area contributed by atoms with E-state index in [9.17, 15) is 13.5 Å². The number of sulfonamides is 1. The molecule has 0 radical (unpaired) electrons. The van der Waals surface area contributed by atoms with Crippen LogP contribution in [0.15, 0.2) is 51.8 Å². The summed E-state index contributed by atoms with van der Waals surface area (Å²) in [5.41, 5.74) is 1.64. The highest BCUT2D eigenvalue weighted by molar-refractivity contribution is 9.10. The lowest BCUT2D eigenvalue weighted by Crippen LogP contribution is -2.15. The fourth-order valence-electron chi connectivity index (χ4n) is 1.79. The monoisotopic (exact) mass is 355 g/mol. The first-order valence-corrected chi connectivity index (χ1v) is 8.19. The minimum absolute atomic E-state index is 0.153. The van der Waals surface area contributed by atoms with Crippen molar-refractivity contribution in [1.29, 1.82) is 0 Å². The van der Waals surface area contributed by atoms with E-state index in [1.807, 2.05) is 6.07 Å². The van der Waals surface area contributed by atoms with Crippen LogP contribution in [0.4, 0.5) is 5.69 Å². The Morgan fingerprint density at radius 2 is 1.85 bits per heavy atom. The van der Waals surface area contributed by atoms with Crippen LogP contribution in [0.2, 0.25) is 0 Å². The molecule has 2 N–H and O–H groups in total. The molecule has 2 aromatic rings. The van der Waals surface area contributed by atoms with Gasteiger partial charge in [0.15, 0.2) is 0 Å². The molecule has 0 heterocycles. The minimum Gasteiger partial charge on any atom is -0.392 e. The summed E-state index contributed by atoms with van der Waals surface area (Å²) in [6.45, 7) is 1.50. The van der Waals surface area contributed by atoms with Gasteiger partial charge in [-0.25, -0.2) is 8.42 Å². The molecule has 0 amide bonds. The minimum atomic E-state index is -3.69. The Labute approximate surface area is 126 Å². The number of rotatable bonds is 4. The summed E-state index contributed by atoms with van der Waals surface area (Å²) in [5, 5.41) is 9.20. The lowest BCUT2D eigenvalue weighted by Gasteiger charge is -2.13. The fourth-order valence-corrected chi connectivity index (χ4v) is 3.81. The molecule has 0 unspecified atom stereocenters. The van der Waals surface area contributed by atoms with E-state index < -0.39 is 10.0 Å². The van der Waals surface area contributed by atoms with Crippen LogP contribution in [0.5, 0.6) is 0 Å². The third kappa shape index (κ3) is 3.20. The second-order valence-corrected chi connectivity index (χ2v) is 6.84. The average molecular weight is 356 g/mol. The molecular formula is C14H14BrNO3S. The Balaban J connectivity index is 2.47. The summed E-state index contributed by atoms with van der Waals surface area (Å²) in [6.07, 6.45) is 0. The van der Waals surface area contributed by atoms with E-state index in [4.69, 9.17) is 0 Å². The predicted octanol–water partition coefficient (Wildman–Crippen LogP) is 3.05. The lowest BCUT2D eigenvalue weighted by molar-refractivity contribution is 0.281. The molecule has 0 bridgehead atoms. The van der Waals surface area contributed by atoms with Crippen molar-refractivity contribution in [3.63, 3.8) is 0 Å².